The molecule has 0 aliphatic heterocycles. The van der Waals surface area contributed by atoms with E-state index in [9.17, 15) is 4.79 Å². The maximum atomic E-state index is 11.0. The zero-order valence-electron chi connectivity index (χ0n) is 6.92. The Morgan fingerprint density at radius 2 is 2.23 bits per heavy atom. The summed E-state index contributed by atoms with van der Waals surface area (Å²) in [5.41, 5.74) is 0.782. The van der Waals surface area contributed by atoms with Crippen molar-refractivity contribution in [1.82, 2.24) is 0 Å². The second kappa shape index (κ2) is 4.66. The molecule has 0 aliphatic carbocycles. The van der Waals surface area contributed by atoms with Gasteiger partial charge < -0.3 is 0 Å². The van der Waals surface area contributed by atoms with E-state index in [1.165, 1.54) is 6.92 Å². The second-order valence-corrected chi connectivity index (χ2v) is 4.84. The predicted molar refractivity (Wildman–Crippen MR) is 65.7 cm³/mol. The van der Waals surface area contributed by atoms with Gasteiger partial charge in [-0.15, -0.1) is 24.2 Å². The molecule has 0 aliphatic rings. The van der Waals surface area contributed by atoms with Crippen LogP contribution < -0.4 is 0 Å². The number of ketones is 1. The number of hydrogen-bond donors (Lipinski definition) is 1. The Balaban J connectivity index is 3.12. The molecule has 0 N–H and O–H groups in total. The fraction of sp³-hybridized carbons (Fsp3) is 0.222. The van der Waals surface area contributed by atoms with Crippen molar-refractivity contribution in [2.24, 2.45) is 0 Å². The standard InChI is InChI=1S/C9H8ClIOS/c1-5(12)9(10)7-4-6(11)2-3-8(7)13/h2-4,9,13H,1H3. The molecule has 0 heterocycles. The lowest BCUT2D eigenvalue weighted by atomic mass is 10.1. The average molecular weight is 327 g/mol. The summed E-state index contributed by atoms with van der Waals surface area (Å²) in [5, 5.41) is -0.581. The fourth-order valence-electron chi connectivity index (χ4n) is 0.947. The first-order valence-corrected chi connectivity index (χ1v) is 5.61. The fourth-order valence-corrected chi connectivity index (χ4v) is 1.99. The number of rotatable bonds is 2. The highest BCUT2D eigenvalue weighted by Crippen LogP contribution is 2.28. The highest BCUT2D eigenvalue weighted by atomic mass is 127. The number of carbonyl (C=O) groups excluding carboxylic acids is 1. The molecule has 0 aromatic heterocycles. The van der Waals surface area contributed by atoms with Crippen LogP contribution in [0.2, 0.25) is 0 Å². The summed E-state index contributed by atoms with van der Waals surface area (Å²) in [5.74, 6) is -0.0565. The van der Waals surface area contributed by atoms with Gasteiger partial charge in [0.25, 0.3) is 0 Å². The highest BCUT2D eigenvalue weighted by molar-refractivity contribution is 14.1. The van der Waals surface area contributed by atoms with Gasteiger partial charge in [-0.1, -0.05) is 0 Å². The lowest BCUT2D eigenvalue weighted by Crippen LogP contribution is -2.02. The topological polar surface area (TPSA) is 17.1 Å². The second-order valence-electron chi connectivity index (χ2n) is 2.68. The normalized spacial score (nSPS) is 12.6. The summed E-state index contributed by atoms with van der Waals surface area (Å²) >= 11 is 12.3. The molecule has 70 valence electrons. The maximum absolute atomic E-state index is 11.0. The van der Waals surface area contributed by atoms with E-state index in [0.717, 1.165) is 14.0 Å². The molecule has 1 aromatic carbocycles. The zero-order chi connectivity index (χ0) is 10.0. The Bertz CT molecular complexity index is 340. The van der Waals surface area contributed by atoms with Crippen molar-refractivity contribution in [3.8, 4) is 0 Å². The van der Waals surface area contributed by atoms with Crippen LogP contribution in [-0.4, -0.2) is 5.78 Å². The SMILES string of the molecule is CC(=O)C(Cl)c1cc(I)ccc1S. The molecule has 0 bridgehead atoms. The van der Waals surface area contributed by atoms with Gasteiger partial charge in [-0.2, -0.15) is 0 Å². The van der Waals surface area contributed by atoms with E-state index in [4.69, 9.17) is 11.6 Å². The Hall–Kier alpha value is 0.260. The van der Waals surface area contributed by atoms with Crippen LogP contribution in [0.25, 0.3) is 0 Å². The van der Waals surface area contributed by atoms with E-state index in [1.807, 2.05) is 18.2 Å². The third-order valence-electron chi connectivity index (χ3n) is 1.62. The van der Waals surface area contributed by atoms with E-state index < -0.39 is 5.38 Å². The van der Waals surface area contributed by atoms with Crippen LogP contribution in [0.4, 0.5) is 0 Å². The van der Waals surface area contributed by atoms with Crippen molar-refractivity contribution >= 4 is 52.6 Å². The summed E-state index contributed by atoms with van der Waals surface area (Å²) in [4.78, 5) is 11.8. The molecule has 1 aromatic rings. The Morgan fingerprint density at radius 1 is 1.62 bits per heavy atom. The summed E-state index contributed by atoms with van der Waals surface area (Å²) in [6.07, 6.45) is 0. The van der Waals surface area contributed by atoms with Crippen molar-refractivity contribution in [3.05, 3.63) is 27.3 Å². The van der Waals surface area contributed by atoms with Crippen molar-refractivity contribution in [2.75, 3.05) is 0 Å². The van der Waals surface area contributed by atoms with Crippen molar-refractivity contribution in [2.45, 2.75) is 17.2 Å². The zero-order valence-corrected chi connectivity index (χ0v) is 10.7. The molecule has 0 amide bonds. The molecular weight excluding hydrogens is 319 g/mol. The van der Waals surface area contributed by atoms with Crippen LogP contribution in [0.3, 0.4) is 0 Å². The molecule has 0 fully saturated rings. The summed E-state index contributed by atoms with van der Waals surface area (Å²) in [6, 6.07) is 5.65. The van der Waals surface area contributed by atoms with E-state index in [1.54, 1.807) is 0 Å². The smallest absolute Gasteiger partial charge is 0.152 e. The molecule has 1 rings (SSSR count). The van der Waals surface area contributed by atoms with Crippen LogP contribution in [0, 0.1) is 3.57 Å². The van der Waals surface area contributed by atoms with Crippen molar-refractivity contribution in [3.63, 3.8) is 0 Å². The maximum Gasteiger partial charge on any atom is 0.152 e. The quantitative estimate of drug-likeness (QED) is 0.500. The monoisotopic (exact) mass is 326 g/mol. The minimum Gasteiger partial charge on any atom is -0.298 e. The third-order valence-corrected chi connectivity index (χ3v) is 3.24. The van der Waals surface area contributed by atoms with Gasteiger partial charge in [-0.25, -0.2) is 0 Å². The van der Waals surface area contributed by atoms with Gasteiger partial charge in [-0.3, -0.25) is 4.79 Å². The van der Waals surface area contributed by atoms with Gasteiger partial charge in [-0.05, 0) is 53.3 Å². The molecule has 1 atom stereocenters. The largest absolute Gasteiger partial charge is 0.298 e. The van der Waals surface area contributed by atoms with Crippen LogP contribution >= 0.6 is 46.8 Å². The Morgan fingerprint density at radius 3 is 2.77 bits per heavy atom. The average Bonchev–Trinajstić information content (AvgIpc) is 2.08. The number of alkyl halides is 1. The molecule has 1 unspecified atom stereocenters. The minimum absolute atomic E-state index is 0.0565. The lowest BCUT2D eigenvalue weighted by molar-refractivity contribution is -0.116. The lowest BCUT2D eigenvalue weighted by Gasteiger charge is -2.09. The van der Waals surface area contributed by atoms with Crippen molar-refractivity contribution < 1.29 is 4.79 Å². The summed E-state index contributed by atoms with van der Waals surface area (Å²) in [7, 11) is 0. The van der Waals surface area contributed by atoms with Gasteiger partial charge in [0.05, 0.1) is 0 Å². The number of Topliss-reactive ketones (excluding diaryl/α,β-unsaturated/α-hetero) is 1. The minimum atomic E-state index is -0.581. The number of thiol groups is 1. The molecule has 13 heavy (non-hydrogen) atoms. The van der Waals surface area contributed by atoms with Gasteiger partial charge in [0.1, 0.15) is 5.38 Å². The number of benzene rings is 1. The summed E-state index contributed by atoms with van der Waals surface area (Å²) in [6.45, 7) is 1.48. The molecule has 0 spiro atoms. The Kier molecular flexibility index (Phi) is 4.06. The van der Waals surface area contributed by atoms with Crippen molar-refractivity contribution in [1.29, 1.82) is 0 Å². The molecule has 0 radical (unpaired) electrons. The molecule has 4 heteroatoms. The van der Waals surface area contributed by atoms with Gasteiger partial charge >= 0.3 is 0 Å². The summed E-state index contributed by atoms with van der Waals surface area (Å²) < 4.78 is 1.05. The van der Waals surface area contributed by atoms with E-state index in [2.05, 4.69) is 35.2 Å². The first-order chi connectivity index (χ1) is 6.02. The predicted octanol–water partition coefficient (Wildman–Crippen LogP) is 3.45. The molecular formula is C9H8ClIOS. The number of halogens is 2. The molecule has 1 nitrogen and oxygen atoms in total. The van der Waals surface area contributed by atoms with Gasteiger partial charge in [0.2, 0.25) is 0 Å². The van der Waals surface area contributed by atoms with Crippen LogP contribution in [0.15, 0.2) is 23.1 Å². The first-order valence-electron chi connectivity index (χ1n) is 3.65. The molecule has 0 saturated heterocycles. The van der Waals surface area contributed by atoms with E-state index >= 15 is 0 Å². The number of hydrogen-bond acceptors (Lipinski definition) is 2. The first kappa shape index (κ1) is 11.3. The number of carbonyl (C=O) groups is 1. The van der Waals surface area contributed by atoms with Gasteiger partial charge in [0.15, 0.2) is 5.78 Å². The van der Waals surface area contributed by atoms with Crippen LogP contribution in [0.5, 0.6) is 0 Å². The van der Waals surface area contributed by atoms with E-state index in [-0.39, 0.29) is 5.78 Å². The molecule has 0 saturated carbocycles. The third kappa shape index (κ3) is 2.86. The van der Waals surface area contributed by atoms with Crippen LogP contribution in [0.1, 0.15) is 17.9 Å². The van der Waals surface area contributed by atoms with E-state index in [0.29, 0.717) is 0 Å². The van der Waals surface area contributed by atoms with Crippen LogP contribution in [-0.2, 0) is 4.79 Å². The van der Waals surface area contributed by atoms with Gasteiger partial charge in [0, 0.05) is 8.47 Å². The Labute approximate surface area is 101 Å². The highest BCUT2D eigenvalue weighted by Gasteiger charge is 2.15.